The van der Waals surface area contributed by atoms with Gasteiger partial charge >= 0.3 is 0 Å². The highest BCUT2D eigenvalue weighted by atomic mass is 32.1. The first-order valence-corrected chi connectivity index (χ1v) is 5.21. The molecule has 1 aliphatic heterocycles. The van der Waals surface area contributed by atoms with Crippen molar-refractivity contribution in [2.24, 2.45) is 0 Å². The average molecular weight is 210 g/mol. The van der Waals surface area contributed by atoms with Crippen LogP contribution in [0.15, 0.2) is 10.8 Å². The van der Waals surface area contributed by atoms with Crippen molar-refractivity contribution in [3.8, 4) is 23.8 Å². The Hall–Kier alpha value is -1.18. The van der Waals surface area contributed by atoms with Crippen molar-refractivity contribution in [2.45, 2.75) is 6.10 Å². The molecule has 2 heterocycles. The van der Waals surface area contributed by atoms with Crippen LogP contribution in [0, 0.1) is 12.3 Å². The van der Waals surface area contributed by atoms with E-state index in [1.807, 2.05) is 10.8 Å². The van der Waals surface area contributed by atoms with Gasteiger partial charge < -0.3 is 14.2 Å². The molecule has 1 aliphatic rings. The van der Waals surface area contributed by atoms with Crippen LogP contribution in [-0.2, 0) is 4.74 Å². The van der Waals surface area contributed by atoms with Gasteiger partial charge in [0.1, 0.15) is 13.2 Å². The lowest BCUT2D eigenvalue weighted by atomic mass is 10.3. The third kappa shape index (κ3) is 2.00. The second-order valence-corrected chi connectivity index (χ2v) is 3.61. The Bertz CT molecular complexity index is 339. The van der Waals surface area contributed by atoms with E-state index >= 15 is 0 Å². The first-order chi connectivity index (χ1) is 6.90. The minimum absolute atomic E-state index is 0.0505. The molecule has 1 aromatic rings. The van der Waals surface area contributed by atoms with Crippen molar-refractivity contribution in [2.75, 3.05) is 19.8 Å². The fourth-order valence-corrected chi connectivity index (χ4v) is 1.86. The molecule has 0 fully saturated rings. The molecule has 0 N–H and O–H groups in total. The van der Waals surface area contributed by atoms with Gasteiger partial charge in [-0.25, -0.2) is 0 Å². The van der Waals surface area contributed by atoms with Gasteiger partial charge in [0.25, 0.3) is 0 Å². The summed E-state index contributed by atoms with van der Waals surface area (Å²) in [6, 6.07) is 0. The van der Waals surface area contributed by atoms with Crippen LogP contribution in [0.4, 0.5) is 0 Å². The first kappa shape index (κ1) is 9.38. The molecule has 0 saturated heterocycles. The molecule has 0 aromatic carbocycles. The van der Waals surface area contributed by atoms with Gasteiger partial charge in [-0.2, -0.15) is 0 Å². The molecule has 0 saturated carbocycles. The van der Waals surface area contributed by atoms with Crippen molar-refractivity contribution >= 4 is 11.3 Å². The zero-order chi connectivity index (χ0) is 9.80. The van der Waals surface area contributed by atoms with Crippen LogP contribution < -0.4 is 9.47 Å². The predicted molar refractivity (Wildman–Crippen MR) is 53.9 cm³/mol. The van der Waals surface area contributed by atoms with Crippen molar-refractivity contribution in [1.29, 1.82) is 0 Å². The van der Waals surface area contributed by atoms with Crippen molar-refractivity contribution < 1.29 is 14.2 Å². The summed E-state index contributed by atoms with van der Waals surface area (Å²) in [5.41, 5.74) is 0. The second-order valence-electron chi connectivity index (χ2n) is 2.87. The highest BCUT2D eigenvalue weighted by molar-refractivity contribution is 7.08. The maximum Gasteiger partial charge on any atom is 0.172 e. The van der Waals surface area contributed by atoms with E-state index in [4.69, 9.17) is 20.6 Å². The number of thiophene rings is 1. The lowest BCUT2D eigenvalue weighted by Gasteiger charge is -2.23. The first-order valence-electron chi connectivity index (χ1n) is 4.27. The number of fused-ring (bicyclic) bond motifs is 1. The van der Waals surface area contributed by atoms with E-state index in [9.17, 15) is 0 Å². The summed E-state index contributed by atoms with van der Waals surface area (Å²) >= 11 is 1.56. The van der Waals surface area contributed by atoms with Gasteiger partial charge in [-0.1, -0.05) is 5.92 Å². The summed E-state index contributed by atoms with van der Waals surface area (Å²) in [6.45, 7) is 1.31. The van der Waals surface area contributed by atoms with Gasteiger partial charge in [0.05, 0.1) is 6.61 Å². The van der Waals surface area contributed by atoms with Crippen molar-refractivity contribution in [3.05, 3.63) is 10.8 Å². The Balaban J connectivity index is 1.86. The molecule has 0 bridgehead atoms. The van der Waals surface area contributed by atoms with Gasteiger partial charge in [-0.15, -0.1) is 17.8 Å². The lowest BCUT2D eigenvalue weighted by Crippen LogP contribution is -2.33. The van der Waals surface area contributed by atoms with Crippen LogP contribution in [0.1, 0.15) is 0 Å². The van der Waals surface area contributed by atoms with Crippen molar-refractivity contribution in [3.63, 3.8) is 0 Å². The van der Waals surface area contributed by atoms with E-state index in [0.29, 0.717) is 19.8 Å². The summed E-state index contributed by atoms with van der Waals surface area (Å²) in [7, 11) is 0. The van der Waals surface area contributed by atoms with Crippen LogP contribution in [0.5, 0.6) is 11.5 Å². The highest BCUT2D eigenvalue weighted by Gasteiger charge is 2.21. The smallest absolute Gasteiger partial charge is 0.172 e. The fraction of sp³-hybridized carbons (Fsp3) is 0.400. The number of terminal acetylenes is 1. The molecule has 1 aromatic heterocycles. The largest absolute Gasteiger partial charge is 0.485 e. The van der Waals surface area contributed by atoms with E-state index in [2.05, 4.69) is 5.92 Å². The quantitative estimate of drug-likeness (QED) is 0.559. The number of hydrogen-bond acceptors (Lipinski definition) is 4. The lowest BCUT2D eigenvalue weighted by molar-refractivity contribution is 0.0193. The van der Waals surface area contributed by atoms with Gasteiger partial charge in [0.15, 0.2) is 17.6 Å². The predicted octanol–water partition coefficient (Wildman–Crippen LogP) is 1.54. The van der Waals surface area contributed by atoms with E-state index in [0.717, 1.165) is 11.5 Å². The SMILES string of the molecule is C#CCOCC1COc2cscc2O1. The molecule has 1 atom stereocenters. The van der Waals surface area contributed by atoms with Crippen LogP contribution in [0.3, 0.4) is 0 Å². The Kier molecular flexibility index (Phi) is 2.92. The molecule has 2 rings (SSSR count). The minimum atomic E-state index is -0.0505. The molecular weight excluding hydrogens is 200 g/mol. The van der Waals surface area contributed by atoms with Gasteiger partial charge in [0.2, 0.25) is 0 Å². The van der Waals surface area contributed by atoms with Gasteiger partial charge in [-0.05, 0) is 0 Å². The van der Waals surface area contributed by atoms with E-state index < -0.39 is 0 Å². The van der Waals surface area contributed by atoms with E-state index in [1.165, 1.54) is 0 Å². The van der Waals surface area contributed by atoms with Gasteiger partial charge in [-0.3, -0.25) is 0 Å². The average Bonchev–Trinajstić information content (AvgIpc) is 2.65. The maximum absolute atomic E-state index is 5.61. The Labute approximate surface area is 86.6 Å². The molecule has 1 unspecified atom stereocenters. The summed E-state index contributed by atoms with van der Waals surface area (Å²) in [5.74, 6) is 4.03. The zero-order valence-corrected chi connectivity index (χ0v) is 8.38. The molecule has 0 aliphatic carbocycles. The number of hydrogen-bond donors (Lipinski definition) is 0. The number of rotatable bonds is 3. The molecule has 14 heavy (non-hydrogen) atoms. The topological polar surface area (TPSA) is 27.7 Å². The van der Waals surface area contributed by atoms with E-state index in [1.54, 1.807) is 11.3 Å². The third-order valence-corrected chi connectivity index (χ3v) is 2.50. The van der Waals surface area contributed by atoms with Gasteiger partial charge in [0, 0.05) is 10.8 Å². The fourth-order valence-electron chi connectivity index (χ4n) is 1.19. The Morgan fingerprint density at radius 1 is 1.57 bits per heavy atom. The molecule has 3 nitrogen and oxygen atoms in total. The van der Waals surface area contributed by atoms with Crippen molar-refractivity contribution in [1.82, 2.24) is 0 Å². The molecule has 74 valence electrons. The number of ether oxygens (including phenoxy) is 3. The second kappa shape index (κ2) is 4.36. The summed E-state index contributed by atoms with van der Waals surface area (Å²) in [4.78, 5) is 0. The van der Waals surface area contributed by atoms with E-state index in [-0.39, 0.29) is 6.10 Å². The summed E-state index contributed by atoms with van der Waals surface area (Å²) in [5, 5.41) is 3.84. The molecular formula is C10H10O3S. The molecule has 0 radical (unpaired) electrons. The summed E-state index contributed by atoms with van der Waals surface area (Å²) < 4.78 is 16.2. The highest BCUT2D eigenvalue weighted by Crippen LogP contribution is 2.35. The molecule has 0 spiro atoms. The minimum Gasteiger partial charge on any atom is -0.485 e. The Morgan fingerprint density at radius 3 is 3.29 bits per heavy atom. The molecule has 0 amide bonds. The van der Waals surface area contributed by atoms with Crippen LogP contribution in [0.25, 0.3) is 0 Å². The van der Waals surface area contributed by atoms with Crippen LogP contribution in [0.2, 0.25) is 0 Å². The maximum atomic E-state index is 5.61. The van der Waals surface area contributed by atoms with Crippen LogP contribution >= 0.6 is 11.3 Å². The van der Waals surface area contributed by atoms with Crippen LogP contribution in [-0.4, -0.2) is 25.9 Å². The standard InChI is InChI=1S/C10H10O3S/c1-2-3-11-4-8-5-12-9-6-14-7-10(9)13-8/h1,6-8H,3-5H2. The summed E-state index contributed by atoms with van der Waals surface area (Å²) in [6.07, 6.45) is 5.01. The molecule has 4 heteroatoms. The monoisotopic (exact) mass is 210 g/mol. The normalized spacial score (nSPS) is 18.9. The Morgan fingerprint density at radius 2 is 2.43 bits per heavy atom. The third-order valence-electron chi connectivity index (χ3n) is 1.80. The zero-order valence-electron chi connectivity index (χ0n) is 7.56.